The third-order valence-electron chi connectivity index (χ3n) is 4.92. The molecule has 0 saturated heterocycles. The van der Waals surface area contributed by atoms with Gasteiger partial charge in [-0.25, -0.2) is 17.5 Å². The summed E-state index contributed by atoms with van der Waals surface area (Å²) in [6.07, 6.45) is -1.21. The average Bonchev–Trinajstić information content (AvgIpc) is 3.23. The van der Waals surface area contributed by atoms with E-state index in [1.165, 1.54) is 11.3 Å². The Labute approximate surface area is 177 Å². The van der Waals surface area contributed by atoms with Crippen LogP contribution in [0.25, 0.3) is 32.1 Å². The quantitative estimate of drug-likeness (QED) is 0.380. The normalized spacial score (nSPS) is 12.6. The molecule has 2 heterocycles. The highest BCUT2D eigenvalue weighted by molar-refractivity contribution is 7.70. The van der Waals surface area contributed by atoms with E-state index < -0.39 is 17.1 Å². The van der Waals surface area contributed by atoms with Crippen LogP contribution in [0.2, 0.25) is 0 Å². The van der Waals surface area contributed by atoms with E-state index in [-0.39, 0.29) is 18.5 Å². The maximum atomic E-state index is 14.0. The molecule has 2 aromatic carbocycles. The van der Waals surface area contributed by atoms with Crippen LogP contribution in [-0.4, -0.2) is 33.2 Å². The van der Waals surface area contributed by atoms with Gasteiger partial charge in [-0.3, -0.25) is 4.79 Å². The van der Waals surface area contributed by atoms with Crippen molar-refractivity contribution in [1.82, 2.24) is 9.71 Å². The van der Waals surface area contributed by atoms with Gasteiger partial charge in [0.05, 0.1) is 7.11 Å². The third kappa shape index (κ3) is 3.96. The minimum Gasteiger partial charge on any atom is -0.496 e. The summed E-state index contributed by atoms with van der Waals surface area (Å²) in [7, 11) is -1.21. The number of rotatable bonds is 7. The summed E-state index contributed by atoms with van der Waals surface area (Å²) in [6.45, 7) is -0.249. The van der Waals surface area contributed by atoms with Crippen LogP contribution in [0.1, 0.15) is 5.56 Å². The zero-order valence-corrected chi connectivity index (χ0v) is 17.7. The van der Waals surface area contributed by atoms with Crippen molar-refractivity contribution in [2.45, 2.75) is 12.6 Å². The van der Waals surface area contributed by atoms with Crippen LogP contribution in [-0.2, 0) is 17.3 Å². The first-order chi connectivity index (χ1) is 14.5. The molecule has 2 N–H and O–H groups in total. The fourth-order valence-corrected chi connectivity index (χ4v) is 4.74. The van der Waals surface area contributed by atoms with Crippen LogP contribution in [0.15, 0.2) is 52.6 Å². The third-order valence-corrected chi connectivity index (χ3v) is 6.27. The van der Waals surface area contributed by atoms with E-state index in [2.05, 4.69) is 9.71 Å². The van der Waals surface area contributed by atoms with Crippen LogP contribution < -0.4 is 15.0 Å². The van der Waals surface area contributed by atoms with E-state index in [9.17, 15) is 17.6 Å². The summed E-state index contributed by atoms with van der Waals surface area (Å²) in [5.74, 6) is 0.668. The fraction of sp³-hybridized carbons (Fsp3) is 0.190. The fourth-order valence-electron chi connectivity index (χ4n) is 3.59. The van der Waals surface area contributed by atoms with Gasteiger partial charge in [-0.2, -0.15) is 0 Å². The number of fused-ring (bicyclic) bond motifs is 3. The van der Waals surface area contributed by atoms with Gasteiger partial charge in [0.2, 0.25) is 10.9 Å². The largest absolute Gasteiger partial charge is 0.496 e. The number of thiophene rings is 1. The lowest BCUT2D eigenvalue weighted by molar-refractivity contribution is 0.332. The highest BCUT2D eigenvalue weighted by Gasteiger charge is 2.16. The van der Waals surface area contributed by atoms with Gasteiger partial charge in [-0.05, 0) is 34.7 Å². The van der Waals surface area contributed by atoms with Gasteiger partial charge in [-0.15, -0.1) is 11.3 Å². The number of H-pyrrole nitrogens is 1. The molecule has 6 nitrogen and oxygen atoms in total. The predicted octanol–water partition coefficient (Wildman–Crippen LogP) is 3.42. The molecule has 0 bridgehead atoms. The Kier molecular flexibility index (Phi) is 5.85. The molecule has 156 valence electrons. The minimum atomic E-state index is -2.81. The van der Waals surface area contributed by atoms with Crippen molar-refractivity contribution >= 4 is 43.2 Å². The minimum absolute atomic E-state index is 0.102. The smallest absolute Gasteiger partial charge is 0.266 e. The van der Waals surface area contributed by atoms with Gasteiger partial charge < -0.3 is 9.72 Å². The number of hydrogen-bond donors (Lipinski definition) is 3. The lowest BCUT2D eigenvalue weighted by atomic mass is 9.96. The molecular formula is C21H19FN2O4S2. The number of ether oxygens (including phenoxy) is 1. The molecule has 4 rings (SSSR count). The number of alkyl halides is 1. The molecule has 9 heteroatoms. The first-order valence-electron chi connectivity index (χ1n) is 9.19. The standard InChI is InChI=1S/C21H19FN2O4S2/c1-28-17-7-6-16-19(15-8-9-29-20(15)21(25)24-16)18(17)13-4-2-12(3-5-13)10-14(22)11-23-30(26)27/h2-9,14,30H,10-11H2,1H3,(H,24,25)(H,23,26,27). The average molecular weight is 447 g/mol. The Morgan fingerprint density at radius 3 is 2.63 bits per heavy atom. The van der Waals surface area contributed by atoms with E-state index in [0.717, 1.165) is 27.5 Å². The Morgan fingerprint density at radius 1 is 1.17 bits per heavy atom. The molecule has 0 amide bonds. The molecule has 2 aromatic heterocycles. The first-order valence-corrected chi connectivity index (χ1v) is 11.2. The molecule has 0 fully saturated rings. The number of aromatic nitrogens is 1. The summed E-state index contributed by atoms with van der Waals surface area (Å²) in [5.41, 5.74) is 3.07. The van der Waals surface area contributed by atoms with Gasteiger partial charge in [0.25, 0.3) is 5.56 Å². The van der Waals surface area contributed by atoms with Crippen molar-refractivity contribution in [2.75, 3.05) is 13.7 Å². The summed E-state index contributed by atoms with van der Waals surface area (Å²) in [4.78, 5) is 15.3. The number of pyridine rings is 1. The number of benzene rings is 2. The summed E-state index contributed by atoms with van der Waals surface area (Å²) in [6, 6.07) is 13.0. The second-order valence-electron chi connectivity index (χ2n) is 6.80. The van der Waals surface area contributed by atoms with Crippen LogP contribution in [0, 0.1) is 0 Å². The molecule has 0 aliphatic rings. The Balaban J connectivity index is 1.77. The van der Waals surface area contributed by atoms with Gasteiger partial charge in [-0.1, -0.05) is 24.3 Å². The maximum absolute atomic E-state index is 14.0. The molecular weight excluding hydrogens is 427 g/mol. The molecule has 0 aliphatic carbocycles. The van der Waals surface area contributed by atoms with Crippen molar-refractivity contribution in [1.29, 1.82) is 0 Å². The van der Waals surface area contributed by atoms with Crippen molar-refractivity contribution in [3.05, 3.63) is 63.8 Å². The Morgan fingerprint density at radius 2 is 1.93 bits per heavy atom. The lowest BCUT2D eigenvalue weighted by Gasteiger charge is -2.14. The van der Waals surface area contributed by atoms with Crippen LogP contribution in [0.5, 0.6) is 5.75 Å². The summed E-state index contributed by atoms with van der Waals surface area (Å²) in [5, 5.41) is 3.64. The first kappa shape index (κ1) is 20.5. The number of nitrogens with one attached hydrogen (secondary N) is 2. The van der Waals surface area contributed by atoms with Gasteiger partial charge >= 0.3 is 0 Å². The molecule has 1 atom stereocenters. The number of halogens is 1. The van der Waals surface area contributed by atoms with Gasteiger partial charge in [0, 0.05) is 34.8 Å². The van der Waals surface area contributed by atoms with Crippen molar-refractivity contribution < 1.29 is 17.5 Å². The second-order valence-corrected chi connectivity index (χ2v) is 8.55. The molecule has 30 heavy (non-hydrogen) atoms. The predicted molar refractivity (Wildman–Crippen MR) is 119 cm³/mol. The van der Waals surface area contributed by atoms with E-state index in [1.807, 2.05) is 47.8 Å². The van der Waals surface area contributed by atoms with Crippen molar-refractivity contribution in [3.63, 3.8) is 0 Å². The van der Waals surface area contributed by atoms with E-state index in [4.69, 9.17) is 4.74 Å². The zero-order valence-electron chi connectivity index (χ0n) is 16.0. The molecule has 0 saturated carbocycles. The number of methoxy groups -OCH3 is 1. The maximum Gasteiger partial charge on any atom is 0.266 e. The van der Waals surface area contributed by atoms with E-state index in [1.54, 1.807) is 7.11 Å². The molecule has 4 aromatic rings. The van der Waals surface area contributed by atoms with E-state index >= 15 is 0 Å². The Bertz CT molecular complexity index is 1340. The molecule has 0 spiro atoms. The number of hydrogen-bond acceptors (Lipinski definition) is 5. The second kappa shape index (κ2) is 8.55. The molecule has 0 radical (unpaired) electrons. The highest BCUT2D eigenvalue weighted by atomic mass is 32.2. The van der Waals surface area contributed by atoms with Crippen LogP contribution in [0.4, 0.5) is 4.39 Å². The highest BCUT2D eigenvalue weighted by Crippen LogP contribution is 2.40. The molecule has 1 unspecified atom stereocenters. The zero-order chi connectivity index (χ0) is 21.3. The topological polar surface area (TPSA) is 88.3 Å². The molecule has 0 aliphatic heterocycles. The van der Waals surface area contributed by atoms with Gasteiger partial charge in [0.1, 0.15) is 16.6 Å². The number of aromatic amines is 1. The van der Waals surface area contributed by atoms with Crippen molar-refractivity contribution in [2.24, 2.45) is 0 Å². The lowest BCUT2D eigenvalue weighted by Crippen LogP contribution is -2.24. The summed E-state index contributed by atoms with van der Waals surface area (Å²) >= 11 is 1.39. The Hall–Kier alpha value is -2.75. The number of thiol groups is 1. The van der Waals surface area contributed by atoms with Gasteiger partial charge in [0.15, 0.2) is 0 Å². The van der Waals surface area contributed by atoms with Crippen LogP contribution >= 0.6 is 11.3 Å². The van der Waals surface area contributed by atoms with E-state index in [0.29, 0.717) is 16.0 Å². The SMILES string of the molecule is COc1ccc2[nH]c(=O)c3sccc3c2c1-c1ccc(CC(F)CN[SH](=O)=O)cc1. The monoisotopic (exact) mass is 446 g/mol. The van der Waals surface area contributed by atoms with Crippen molar-refractivity contribution in [3.8, 4) is 16.9 Å². The summed E-state index contributed by atoms with van der Waals surface area (Å²) < 4.78 is 43.4. The van der Waals surface area contributed by atoms with Crippen LogP contribution in [0.3, 0.4) is 0 Å².